The van der Waals surface area contributed by atoms with E-state index in [1.807, 2.05) is 30.3 Å². The Hall–Kier alpha value is -1.59. The molecule has 1 fully saturated rings. The first kappa shape index (κ1) is 17.5. The van der Waals surface area contributed by atoms with E-state index in [-0.39, 0.29) is 30.3 Å². The predicted molar refractivity (Wildman–Crippen MR) is 84.2 cm³/mol. The Morgan fingerprint density at radius 2 is 2.00 bits per heavy atom. The molecule has 1 atom stereocenters. The molecule has 1 heterocycles. The maximum Gasteiger partial charge on any atom is 0.242 e. The van der Waals surface area contributed by atoms with Crippen LogP contribution in [0.4, 0.5) is 0 Å². The molecule has 0 aliphatic carbocycles. The number of nitrogens with zero attached hydrogens (tertiary/aromatic N) is 1. The molecule has 0 aromatic heterocycles. The van der Waals surface area contributed by atoms with Crippen molar-refractivity contribution in [3.63, 3.8) is 0 Å². The summed E-state index contributed by atoms with van der Waals surface area (Å²) in [6.45, 7) is 1.53. The number of carbonyl (C=O) groups excluding carboxylic acids is 2. The van der Waals surface area contributed by atoms with Gasteiger partial charge in [-0.1, -0.05) is 30.3 Å². The molecule has 3 N–H and O–H groups in total. The van der Waals surface area contributed by atoms with Crippen molar-refractivity contribution in [1.82, 2.24) is 10.2 Å². The van der Waals surface area contributed by atoms with Crippen molar-refractivity contribution >= 4 is 24.2 Å². The highest BCUT2D eigenvalue weighted by Crippen LogP contribution is 2.18. The summed E-state index contributed by atoms with van der Waals surface area (Å²) in [5, 5.41) is 2.77. The van der Waals surface area contributed by atoms with Gasteiger partial charge in [0.15, 0.2) is 0 Å². The third-order valence-corrected chi connectivity index (χ3v) is 3.52. The van der Waals surface area contributed by atoms with Crippen LogP contribution in [-0.2, 0) is 16.0 Å². The zero-order valence-electron chi connectivity index (χ0n) is 12.0. The second kappa shape index (κ2) is 8.64. The molecule has 0 radical (unpaired) electrons. The van der Waals surface area contributed by atoms with Gasteiger partial charge in [-0.2, -0.15) is 0 Å². The van der Waals surface area contributed by atoms with E-state index in [0.29, 0.717) is 26.1 Å². The molecule has 0 bridgehead atoms. The number of carbonyl (C=O) groups is 2. The minimum Gasteiger partial charge on any atom is -0.353 e. The van der Waals surface area contributed by atoms with Crippen LogP contribution >= 0.6 is 12.4 Å². The number of amides is 2. The molecular formula is C15H22ClN3O2. The van der Waals surface area contributed by atoms with E-state index in [1.165, 1.54) is 0 Å². The second-order valence-electron chi connectivity index (χ2n) is 4.99. The molecule has 0 saturated carbocycles. The SMILES string of the molecule is Cl.NCCNC(=O)C1CCCN1C(=O)Cc1ccccc1. The van der Waals surface area contributed by atoms with Gasteiger partial charge < -0.3 is 16.0 Å². The van der Waals surface area contributed by atoms with Gasteiger partial charge in [0.1, 0.15) is 6.04 Å². The van der Waals surface area contributed by atoms with Crippen LogP contribution in [0, 0.1) is 0 Å². The van der Waals surface area contributed by atoms with Crippen molar-refractivity contribution in [2.75, 3.05) is 19.6 Å². The lowest BCUT2D eigenvalue weighted by molar-refractivity contribution is -0.137. The van der Waals surface area contributed by atoms with Gasteiger partial charge in [0.05, 0.1) is 6.42 Å². The molecular weight excluding hydrogens is 290 g/mol. The van der Waals surface area contributed by atoms with Gasteiger partial charge in [-0.3, -0.25) is 9.59 Å². The van der Waals surface area contributed by atoms with Crippen molar-refractivity contribution in [2.24, 2.45) is 5.73 Å². The van der Waals surface area contributed by atoms with Crippen molar-refractivity contribution in [3.05, 3.63) is 35.9 Å². The maximum absolute atomic E-state index is 12.3. The number of likely N-dealkylation sites (tertiary alicyclic amines) is 1. The first-order chi connectivity index (χ1) is 9.72. The standard InChI is InChI=1S/C15H21N3O2.ClH/c16-8-9-17-15(20)13-7-4-10-18(13)14(19)11-12-5-2-1-3-6-12;/h1-3,5-6,13H,4,7-11,16H2,(H,17,20);1H. The van der Waals surface area contributed by atoms with Crippen LogP contribution in [0.1, 0.15) is 18.4 Å². The highest BCUT2D eigenvalue weighted by atomic mass is 35.5. The van der Waals surface area contributed by atoms with E-state index in [9.17, 15) is 9.59 Å². The third-order valence-electron chi connectivity index (χ3n) is 3.52. The molecule has 1 aromatic carbocycles. The molecule has 5 nitrogen and oxygen atoms in total. The Kier molecular flexibility index (Phi) is 7.19. The fraction of sp³-hybridized carbons (Fsp3) is 0.467. The topological polar surface area (TPSA) is 75.4 Å². The van der Waals surface area contributed by atoms with Crippen molar-refractivity contribution in [1.29, 1.82) is 0 Å². The minimum absolute atomic E-state index is 0. The van der Waals surface area contributed by atoms with Crippen LogP contribution in [0.5, 0.6) is 0 Å². The molecule has 116 valence electrons. The lowest BCUT2D eigenvalue weighted by Gasteiger charge is -2.24. The Bertz CT molecular complexity index is 467. The maximum atomic E-state index is 12.3. The number of nitrogens with one attached hydrogen (secondary N) is 1. The molecule has 6 heteroatoms. The number of hydrogen-bond donors (Lipinski definition) is 2. The first-order valence-electron chi connectivity index (χ1n) is 7.03. The van der Waals surface area contributed by atoms with Crippen LogP contribution in [0.3, 0.4) is 0 Å². The summed E-state index contributed by atoms with van der Waals surface area (Å²) >= 11 is 0. The second-order valence-corrected chi connectivity index (χ2v) is 4.99. The number of benzene rings is 1. The quantitative estimate of drug-likeness (QED) is 0.841. The Balaban J connectivity index is 0.00000220. The number of rotatable bonds is 5. The lowest BCUT2D eigenvalue weighted by Crippen LogP contribution is -2.47. The van der Waals surface area contributed by atoms with Gasteiger partial charge in [-0.15, -0.1) is 12.4 Å². The van der Waals surface area contributed by atoms with E-state index >= 15 is 0 Å². The number of hydrogen-bond acceptors (Lipinski definition) is 3. The van der Waals surface area contributed by atoms with Gasteiger partial charge >= 0.3 is 0 Å². The van der Waals surface area contributed by atoms with E-state index in [1.54, 1.807) is 4.90 Å². The van der Waals surface area contributed by atoms with Crippen LogP contribution in [0.2, 0.25) is 0 Å². The van der Waals surface area contributed by atoms with Gasteiger partial charge in [0.25, 0.3) is 0 Å². The normalized spacial score (nSPS) is 17.2. The Labute approximate surface area is 131 Å². The molecule has 1 saturated heterocycles. The summed E-state index contributed by atoms with van der Waals surface area (Å²) in [6, 6.07) is 9.27. The summed E-state index contributed by atoms with van der Waals surface area (Å²) in [7, 11) is 0. The molecule has 1 aromatic rings. The molecule has 0 spiro atoms. The van der Waals surface area contributed by atoms with Crippen LogP contribution in [-0.4, -0.2) is 42.4 Å². The lowest BCUT2D eigenvalue weighted by atomic mass is 10.1. The first-order valence-corrected chi connectivity index (χ1v) is 7.03. The van der Waals surface area contributed by atoms with Crippen LogP contribution < -0.4 is 11.1 Å². The van der Waals surface area contributed by atoms with E-state index in [0.717, 1.165) is 18.4 Å². The molecule has 2 rings (SSSR count). The fourth-order valence-corrected chi connectivity index (χ4v) is 2.52. The van der Waals surface area contributed by atoms with Crippen LogP contribution in [0.15, 0.2) is 30.3 Å². The van der Waals surface area contributed by atoms with Crippen LogP contribution in [0.25, 0.3) is 0 Å². The third kappa shape index (κ3) is 4.72. The zero-order valence-corrected chi connectivity index (χ0v) is 12.8. The number of halogens is 1. The Morgan fingerprint density at radius 1 is 1.29 bits per heavy atom. The zero-order chi connectivity index (χ0) is 14.4. The van der Waals surface area contributed by atoms with Crippen molar-refractivity contribution < 1.29 is 9.59 Å². The van der Waals surface area contributed by atoms with Gasteiger partial charge in [0.2, 0.25) is 11.8 Å². The van der Waals surface area contributed by atoms with E-state index in [2.05, 4.69) is 5.32 Å². The Morgan fingerprint density at radius 3 is 2.67 bits per heavy atom. The van der Waals surface area contributed by atoms with E-state index < -0.39 is 0 Å². The predicted octanol–water partition coefficient (Wildman–Crippen LogP) is 0.717. The highest BCUT2D eigenvalue weighted by Gasteiger charge is 2.33. The summed E-state index contributed by atoms with van der Waals surface area (Å²) < 4.78 is 0. The molecule has 2 amide bonds. The summed E-state index contributed by atoms with van der Waals surface area (Å²) in [5.74, 6) is -0.0732. The monoisotopic (exact) mass is 311 g/mol. The van der Waals surface area contributed by atoms with Gasteiger partial charge in [0, 0.05) is 19.6 Å². The smallest absolute Gasteiger partial charge is 0.242 e. The molecule has 1 aliphatic rings. The molecule has 1 aliphatic heterocycles. The number of nitrogens with two attached hydrogens (primary N) is 1. The summed E-state index contributed by atoms with van der Waals surface area (Å²) in [5.41, 5.74) is 6.35. The van der Waals surface area contributed by atoms with E-state index in [4.69, 9.17) is 5.73 Å². The fourth-order valence-electron chi connectivity index (χ4n) is 2.52. The average molecular weight is 312 g/mol. The molecule has 1 unspecified atom stereocenters. The van der Waals surface area contributed by atoms with Crippen molar-refractivity contribution in [3.8, 4) is 0 Å². The summed E-state index contributed by atoms with van der Waals surface area (Å²) in [6.07, 6.45) is 1.96. The molecule has 21 heavy (non-hydrogen) atoms. The minimum atomic E-state index is -0.335. The van der Waals surface area contributed by atoms with Gasteiger partial charge in [-0.25, -0.2) is 0 Å². The van der Waals surface area contributed by atoms with Crippen molar-refractivity contribution in [2.45, 2.75) is 25.3 Å². The van der Waals surface area contributed by atoms with Gasteiger partial charge in [-0.05, 0) is 18.4 Å². The average Bonchev–Trinajstić information content (AvgIpc) is 2.95. The summed E-state index contributed by atoms with van der Waals surface area (Å²) in [4.78, 5) is 26.0. The largest absolute Gasteiger partial charge is 0.353 e. The highest BCUT2D eigenvalue weighted by molar-refractivity contribution is 5.89.